The fourth-order valence-corrected chi connectivity index (χ4v) is 1.80. The largest absolute Gasteiger partial charge is 0.460 e. The van der Waals surface area contributed by atoms with Crippen LogP contribution in [0.1, 0.15) is 30.3 Å². The van der Waals surface area contributed by atoms with E-state index in [1.54, 1.807) is 12.1 Å². The van der Waals surface area contributed by atoms with E-state index in [9.17, 15) is 4.79 Å². The molecule has 0 aliphatic heterocycles. The Hall–Kier alpha value is -1.36. The van der Waals surface area contributed by atoms with Gasteiger partial charge in [0.2, 0.25) is 0 Å². The lowest BCUT2D eigenvalue weighted by atomic mass is 10.2. The number of nitrogens with zero attached hydrogens (tertiary/aromatic N) is 1. The summed E-state index contributed by atoms with van der Waals surface area (Å²) in [6.07, 6.45) is 1.83. The van der Waals surface area contributed by atoms with Crippen molar-refractivity contribution in [2.75, 3.05) is 6.61 Å². The van der Waals surface area contributed by atoms with Crippen LogP contribution in [-0.4, -0.2) is 17.7 Å². The van der Waals surface area contributed by atoms with Crippen molar-refractivity contribution >= 4 is 32.8 Å². The zero-order chi connectivity index (χ0) is 12.3. The van der Waals surface area contributed by atoms with Gasteiger partial charge in [0.15, 0.2) is 0 Å². The number of aromatic nitrogens is 1. The molecule has 1 heterocycles. The van der Waals surface area contributed by atoms with Crippen molar-refractivity contribution in [1.29, 1.82) is 0 Å². The number of unbranched alkanes of at least 4 members (excludes halogenated alkanes) is 1. The van der Waals surface area contributed by atoms with E-state index in [2.05, 4.69) is 21.1 Å². The molecule has 0 unspecified atom stereocenters. The highest BCUT2D eigenvalue weighted by Crippen LogP contribution is 2.23. The van der Waals surface area contributed by atoms with Crippen LogP contribution < -0.4 is 0 Å². The maximum Gasteiger partial charge on any atom is 0.377 e. The number of benzene rings is 1. The van der Waals surface area contributed by atoms with Crippen LogP contribution in [0, 0.1) is 0 Å². The van der Waals surface area contributed by atoms with Gasteiger partial charge in [-0.2, -0.15) is 0 Å². The molecule has 0 saturated carbocycles. The summed E-state index contributed by atoms with van der Waals surface area (Å²) in [5.41, 5.74) is 0.649. The Kier molecular flexibility index (Phi) is 3.78. The minimum Gasteiger partial charge on any atom is -0.460 e. The first-order valence-corrected chi connectivity index (χ1v) is 6.23. The second kappa shape index (κ2) is 5.31. The Balaban J connectivity index is 2.23. The highest BCUT2D eigenvalue weighted by atomic mass is 79.9. The van der Waals surface area contributed by atoms with Crippen molar-refractivity contribution in [3.8, 4) is 0 Å². The molecule has 0 fully saturated rings. The molecule has 1 aromatic carbocycles. The molecule has 2 aromatic rings. The number of esters is 1. The first kappa shape index (κ1) is 12.1. The molecular weight excluding hydrogens is 286 g/mol. The third-order valence-corrected chi connectivity index (χ3v) is 2.85. The number of halogens is 1. The number of hydrogen-bond acceptors (Lipinski definition) is 4. The summed E-state index contributed by atoms with van der Waals surface area (Å²) in [4.78, 5) is 11.7. The summed E-state index contributed by atoms with van der Waals surface area (Å²) in [7, 11) is 0. The Morgan fingerprint density at radius 3 is 3.12 bits per heavy atom. The van der Waals surface area contributed by atoms with Crippen LogP contribution in [0.2, 0.25) is 0 Å². The Morgan fingerprint density at radius 1 is 1.53 bits per heavy atom. The van der Waals surface area contributed by atoms with E-state index in [-0.39, 0.29) is 5.76 Å². The molecule has 17 heavy (non-hydrogen) atoms. The van der Waals surface area contributed by atoms with Crippen molar-refractivity contribution in [1.82, 2.24) is 5.16 Å². The number of ether oxygens (including phenoxy) is 1. The molecule has 90 valence electrons. The molecule has 1 aromatic heterocycles. The second-order valence-corrected chi connectivity index (χ2v) is 4.58. The summed E-state index contributed by atoms with van der Waals surface area (Å²) < 4.78 is 11.0. The van der Waals surface area contributed by atoms with Crippen LogP contribution in [0.5, 0.6) is 0 Å². The summed E-state index contributed by atoms with van der Waals surface area (Å²) in [6.45, 7) is 2.44. The molecule has 0 atom stereocenters. The van der Waals surface area contributed by atoms with Crippen molar-refractivity contribution in [3.05, 3.63) is 28.4 Å². The highest BCUT2D eigenvalue weighted by molar-refractivity contribution is 9.10. The molecule has 0 radical (unpaired) electrons. The molecule has 0 aliphatic rings. The van der Waals surface area contributed by atoms with Crippen LogP contribution in [-0.2, 0) is 4.74 Å². The van der Waals surface area contributed by atoms with Crippen LogP contribution in [0.25, 0.3) is 10.9 Å². The van der Waals surface area contributed by atoms with E-state index in [1.165, 1.54) is 0 Å². The smallest absolute Gasteiger partial charge is 0.377 e. The number of carbonyl (C=O) groups is 1. The summed E-state index contributed by atoms with van der Waals surface area (Å²) in [6, 6.07) is 5.42. The minimum atomic E-state index is -0.459. The Bertz CT molecular complexity index is 536. The average molecular weight is 298 g/mol. The first-order valence-electron chi connectivity index (χ1n) is 5.44. The fourth-order valence-electron chi connectivity index (χ4n) is 1.44. The van der Waals surface area contributed by atoms with Crippen molar-refractivity contribution in [2.24, 2.45) is 0 Å². The van der Waals surface area contributed by atoms with Crippen LogP contribution >= 0.6 is 15.9 Å². The summed E-state index contributed by atoms with van der Waals surface area (Å²) in [5.74, 6) is -0.295. The van der Waals surface area contributed by atoms with Crippen molar-refractivity contribution in [2.45, 2.75) is 19.8 Å². The Morgan fingerprint density at radius 2 is 2.35 bits per heavy atom. The van der Waals surface area contributed by atoms with E-state index in [0.29, 0.717) is 17.5 Å². The van der Waals surface area contributed by atoms with Gasteiger partial charge < -0.3 is 9.26 Å². The van der Waals surface area contributed by atoms with Crippen LogP contribution in [0.4, 0.5) is 0 Å². The Labute approximate surface area is 107 Å². The summed E-state index contributed by atoms with van der Waals surface area (Å²) in [5, 5.41) is 4.48. The van der Waals surface area contributed by atoms with Gasteiger partial charge in [-0.05, 0) is 24.6 Å². The molecule has 2 rings (SSSR count). The van der Waals surface area contributed by atoms with E-state index >= 15 is 0 Å². The van der Waals surface area contributed by atoms with E-state index in [4.69, 9.17) is 9.26 Å². The van der Waals surface area contributed by atoms with Crippen molar-refractivity contribution in [3.63, 3.8) is 0 Å². The normalized spacial score (nSPS) is 10.7. The molecule has 0 N–H and O–H groups in total. The standard InChI is InChI=1S/C12H12BrNO3/c1-2-3-6-16-12(15)11-9-7-8(13)4-5-10(9)14-17-11/h4-5,7H,2-3,6H2,1H3. The quantitative estimate of drug-likeness (QED) is 0.640. The number of carbonyl (C=O) groups excluding carboxylic acids is 1. The topological polar surface area (TPSA) is 52.3 Å². The van der Waals surface area contributed by atoms with Crippen molar-refractivity contribution < 1.29 is 14.1 Å². The third-order valence-electron chi connectivity index (χ3n) is 2.35. The lowest BCUT2D eigenvalue weighted by molar-refractivity contribution is 0.0456. The van der Waals surface area contributed by atoms with Gasteiger partial charge in [-0.1, -0.05) is 34.4 Å². The number of hydrogen-bond donors (Lipinski definition) is 0. The molecule has 0 spiro atoms. The van der Waals surface area contributed by atoms with Gasteiger partial charge in [0.25, 0.3) is 5.76 Å². The van der Waals surface area contributed by atoms with Gasteiger partial charge in [0, 0.05) is 4.47 Å². The van der Waals surface area contributed by atoms with Crippen LogP contribution in [0.15, 0.2) is 27.2 Å². The van der Waals surface area contributed by atoms with Gasteiger partial charge in [0.05, 0.1) is 12.0 Å². The average Bonchev–Trinajstić information content (AvgIpc) is 2.72. The first-order chi connectivity index (χ1) is 8.22. The zero-order valence-electron chi connectivity index (χ0n) is 9.40. The lowest BCUT2D eigenvalue weighted by Crippen LogP contribution is -2.05. The predicted molar refractivity (Wildman–Crippen MR) is 66.9 cm³/mol. The maximum absolute atomic E-state index is 11.7. The predicted octanol–water partition coefficient (Wildman–Crippen LogP) is 3.55. The second-order valence-electron chi connectivity index (χ2n) is 3.66. The molecule has 0 amide bonds. The third kappa shape index (κ3) is 2.66. The fraction of sp³-hybridized carbons (Fsp3) is 0.333. The zero-order valence-corrected chi connectivity index (χ0v) is 11.0. The molecular formula is C12H12BrNO3. The van der Waals surface area contributed by atoms with E-state index in [0.717, 1.165) is 17.3 Å². The summed E-state index contributed by atoms with van der Waals surface area (Å²) >= 11 is 3.34. The lowest BCUT2D eigenvalue weighted by Gasteiger charge is -2.00. The maximum atomic E-state index is 11.7. The monoisotopic (exact) mass is 297 g/mol. The number of fused-ring (bicyclic) bond motifs is 1. The van der Waals surface area contributed by atoms with Gasteiger partial charge in [-0.15, -0.1) is 0 Å². The highest BCUT2D eigenvalue weighted by Gasteiger charge is 2.17. The van der Waals surface area contributed by atoms with Gasteiger partial charge in [-0.25, -0.2) is 4.79 Å². The van der Waals surface area contributed by atoms with Gasteiger partial charge in [-0.3, -0.25) is 0 Å². The molecule has 0 saturated heterocycles. The van der Waals surface area contributed by atoms with Gasteiger partial charge in [0.1, 0.15) is 5.52 Å². The van der Waals surface area contributed by atoms with E-state index in [1.807, 2.05) is 13.0 Å². The SMILES string of the molecule is CCCCOC(=O)c1onc2ccc(Br)cc12. The number of rotatable bonds is 4. The van der Waals surface area contributed by atoms with E-state index < -0.39 is 5.97 Å². The van der Waals surface area contributed by atoms with Crippen LogP contribution in [0.3, 0.4) is 0 Å². The molecule has 0 bridgehead atoms. The van der Waals surface area contributed by atoms with Gasteiger partial charge >= 0.3 is 5.97 Å². The molecule has 4 nitrogen and oxygen atoms in total. The molecule has 5 heteroatoms. The minimum absolute atomic E-state index is 0.164. The molecule has 0 aliphatic carbocycles.